The van der Waals surface area contributed by atoms with Gasteiger partial charge < -0.3 is 10.1 Å². The molecular formula is C18H12ClN3O4. The number of nitrogens with zero attached hydrogens (tertiary/aromatic N) is 2. The second kappa shape index (κ2) is 7.62. The molecule has 0 spiro atoms. The average molecular weight is 370 g/mol. The van der Waals surface area contributed by atoms with Gasteiger partial charge in [0.15, 0.2) is 0 Å². The number of amides is 1. The molecule has 0 bridgehead atoms. The highest BCUT2D eigenvalue weighted by atomic mass is 35.5. The molecule has 0 saturated carbocycles. The van der Waals surface area contributed by atoms with E-state index < -0.39 is 10.8 Å². The first-order valence-corrected chi connectivity index (χ1v) is 7.83. The van der Waals surface area contributed by atoms with Crippen LogP contribution in [0.25, 0.3) is 0 Å². The summed E-state index contributed by atoms with van der Waals surface area (Å²) >= 11 is 5.88. The highest BCUT2D eigenvalue weighted by Gasteiger charge is 2.14. The molecule has 0 aliphatic rings. The SMILES string of the molecule is O=C(Nc1cc(Oc2cccnc2)cc([N+](=O)[O-])c1)c1cccc(Cl)c1. The zero-order valence-corrected chi connectivity index (χ0v) is 14.0. The molecular weight excluding hydrogens is 358 g/mol. The van der Waals surface area contributed by atoms with Gasteiger partial charge in [-0.3, -0.25) is 19.9 Å². The Kier molecular flexibility index (Phi) is 5.09. The van der Waals surface area contributed by atoms with Gasteiger partial charge in [0.05, 0.1) is 22.9 Å². The number of nitro groups is 1. The average Bonchev–Trinajstić information content (AvgIpc) is 2.62. The Hall–Kier alpha value is -3.45. The van der Waals surface area contributed by atoms with Crippen LogP contribution in [0.5, 0.6) is 11.5 Å². The molecule has 0 atom stereocenters. The number of anilines is 1. The molecule has 1 N–H and O–H groups in total. The van der Waals surface area contributed by atoms with Gasteiger partial charge in [0.2, 0.25) is 0 Å². The van der Waals surface area contributed by atoms with E-state index in [1.807, 2.05) is 0 Å². The molecule has 0 aliphatic heterocycles. The number of halogens is 1. The topological polar surface area (TPSA) is 94.4 Å². The van der Waals surface area contributed by atoms with Gasteiger partial charge in [-0.2, -0.15) is 0 Å². The van der Waals surface area contributed by atoms with E-state index in [1.165, 1.54) is 30.5 Å². The van der Waals surface area contributed by atoms with Gasteiger partial charge in [-0.05, 0) is 30.3 Å². The summed E-state index contributed by atoms with van der Waals surface area (Å²) in [5, 5.41) is 14.2. The molecule has 26 heavy (non-hydrogen) atoms. The highest BCUT2D eigenvalue weighted by molar-refractivity contribution is 6.31. The van der Waals surface area contributed by atoms with E-state index in [2.05, 4.69) is 10.3 Å². The minimum absolute atomic E-state index is 0.202. The van der Waals surface area contributed by atoms with Gasteiger partial charge in [0, 0.05) is 28.9 Å². The van der Waals surface area contributed by atoms with Crippen molar-refractivity contribution < 1.29 is 14.5 Å². The Morgan fingerprint density at radius 1 is 1.12 bits per heavy atom. The molecule has 1 aromatic heterocycles. The summed E-state index contributed by atoms with van der Waals surface area (Å²) in [6.07, 6.45) is 3.06. The van der Waals surface area contributed by atoms with Crippen molar-refractivity contribution in [3.63, 3.8) is 0 Å². The minimum atomic E-state index is -0.564. The lowest BCUT2D eigenvalue weighted by atomic mass is 10.2. The van der Waals surface area contributed by atoms with Crippen LogP contribution < -0.4 is 10.1 Å². The number of rotatable bonds is 5. The molecule has 2 aromatic carbocycles. The van der Waals surface area contributed by atoms with Crippen molar-refractivity contribution in [2.45, 2.75) is 0 Å². The lowest BCUT2D eigenvalue weighted by Gasteiger charge is -2.09. The van der Waals surface area contributed by atoms with E-state index in [-0.39, 0.29) is 17.1 Å². The van der Waals surface area contributed by atoms with E-state index in [1.54, 1.807) is 36.5 Å². The van der Waals surface area contributed by atoms with Gasteiger partial charge in [-0.1, -0.05) is 17.7 Å². The van der Waals surface area contributed by atoms with Gasteiger partial charge in [-0.15, -0.1) is 0 Å². The maximum atomic E-state index is 12.3. The second-order valence-corrected chi connectivity index (χ2v) is 5.66. The monoisotopic (exact) mass is 369 g/mol. The molecule has 0 saturated heterocycles. The Morgan fingerprint density at radius 2 is 1.96 bits per heavy atom. The van der Waals surface area contributed by atoms with E-state index in [4.69, 9.17) is 16.3 Å². The Labute approximate surface area is 153 Å². The zero-order chi connectivity index (χ0) is 18.5. The van der Waals surface area contributed by atoms with Crippen LogP contribution in [0.3, 0.4) is 0 Å². The molecule has 3 aromatic rings. The lowest BCUT2D eigenvalue weighted by Crippen LogP contribution is -2.12. The number of hydrogen-bond acceptors (Lipinski definition) is 5. The van der Waals surface area contributed by atoms with Crippen molar-refractivity contribution >= 4 is 28.9 Å². The van der Waals surface area contributed by atoms with Crippen LogP contribution in [0.4, 0.5) is 11.4 Å². The van der Waals surface area contributed by atoms with Crippen molar-refractivity contribution in [2.75, 3.05) is 5.32 Å². The number of carbonyl (C=O) groups is 1. The van der Waals surface area contributed by atoms with Gasteiger partial charge >= 0.3 is 0 Å². The summed E-state index contributed by atoms with van der Waals surface area (Å²) in [5.74, 6) is 0.175. The number of ether oxygens (including phenoxy) is 1. The molecule has 7 nitrogen and oxygen atoms in total. The maximum Gasteiger partial charge on any atom is 0.275 e. The molecule has 8 heteroatoms. The Balaban J connectivity index is 1.88. The smallest absolute Gasteiger partial charge is 0.275 e. The van der Waals surface area contributed by atoms with E-state index in [0.29, 0.717) is 16.3 Å². The van der Waals surface area contributed by atoms with Crippen LogP contribution in [0, 0.1) is 10.1 Å². The van der Waals surface area contributed by atoms with Gasteiger partial charge in [-0.25, -0.2) is 0 Å². The Bertz CT molecular complexity index is 964. The fourth-order valence-corrected chi connectivity index (χ4v) is 2.39. The van der Waals surface area contributed by atoms with Crippen LogP contribution in [-0.2, 0) is 0 Å². The standard InChI is InChI=1S/C18H12ClN3O4/c19-13-4-1-3-12(7-13)18(23)21-14-8-15(22(24)25)10-17(9-14)26-16-5-2-6-20-11-16/h1-11H,(H,21,23). The molecule has 3 rings (SSSR count). The van der Waals surface area contributed by atoms with Crippen LogP contribution in [0.15, 0.2) is 67.0 Å². The molecule has 1 amide bonds. The van der Waals surface area contributed by atoms with Crippen LogP contribution >= 0.6 is 11.6 Å². The zero-order valence-electron chi connectivity index (χ0n) is 13.3. The minimum Gasteiger partial charge on any atom is -0.455 e. The van der Waals surface area contributed by atoms with E-state index >= 15 is 0 Å². The van der Waals surface area contributed by atoms with E-state index in [0.717, 1.165) is 0 Å². The maximum absolute atomic E-state index is 12.3. The van der Waals surface area contributed by atoms with Crippen LogP contribution in [-0.4, -0.2) is 15.8 Å². The number of hydrogen-bond donors (Lipinski definition) is 1. The normalized spacial score (nSPS) is 10.2. The summed E-state index contributed by atoms with van der Waals surface area (Å²) in [7, 11) is 0. The number of nitro benzene ring substituents is 1. The largest absolute Gasteiger partial charge is 0.455 e. The summed E-state index contributed by atoms with van der Waals surface area (Å²) in [4.78, 5) is 26.8. The van der Waals surface area contributed by atoms with Crippen LogP contribution in [0.1, 0.15) is 10.4 Å². The number of non-ortho nitro benzene ring substituents is 1. The molecule has 0 unspecified atom stereocenters. The molecule has 1 heterocycles. The molecule has 130 valence electrons. The summed E-state index contributed by atoms with van der Waals surface area (Å²) < 4.78 is 5.58. The van der Waals surface area contributed by atoms with E-state index in [9.17, 15) is 14.9 Å². The first-order valence-electron chi connectivity index (χ1n) is 7.45. The molecule has 0 radical (unpaired) electrons. The number of benzene rings is 2. The number of nitrogens with one attached hydrogen (secondary N) is 1. The highest BCUT2D eigenvalue weighted by Crippen LogP contribution is 2.29. The van der Waals surface area contributed by atoms with Crippen LogP contribution in [0.2, 0.25) is 5.02 Å². The first kappa shape index (κ1) is 17.4. The summed E-state index contributed by atoms with van der Waals surface area (Å²) in [5.41, 5.74) is 0.342. The third-order valence-electron chi connectivity index (χ3n) is 3.32. The molecule has 0 aliphatic carbocycles. The predicted molar refractivity (Wildman–Crippen MR) is 96.8 cm³/mol. The second-order valence-electron chi connectivity index (χ2n) is 5.23. The van der Waals surface area contributed by atoms with Crippen molar-refractivity contribution in [3.05, 3.63) is 87.7 Å². The Morgan fingerprint density at radius 3 is 2.65 bits per heavy atom. The first-order chi connectivity index (χ1) is 12.5. The number of carbonyl (C=O) groups excluding carboxylic acids is 1. The third kappa shape index (κ3) is 4.34. The van der Waals surface area contributed by atoms with Crippen molar-refractivity contribution in [1.29, 1.82) is 0 Å². The van der Waals surface area contributed by atoms with Crippen molar-refractivity contribution in [1.82, 2.24) is 4.98 Å². The fraction of sp³-hybridized carbons (Fsp3) is 0. The predicted octanol–water partition coefficient (Wildman–Crippen LogP) is 4.69. The van der Waals surface area contributed by atoms with Crippen molar-refractivity contribution in [2.24, 2.45) is 0 Å². The summed E-state index contributed by atoms with van der Waals surface area (Å²) in [6, 6.07) is 13.7. The number of aromatic nitrogens is 1. The van der Waals surface area contributed by atoms with Gasteiger partial charge in [0.1, 0.15) is 11.5 Å². The van der Waals surface area contributed by atoms with Crippen molar-refractivity contribution in [3.8, 4) is 11.5 Å². The molecule has 0 fully saturated rings. The van der Waals surface area contributed by atoms with Gasteiger partial charge in [0.25, 0.3) is 11.6 Å². The summed E-state index contributed by atoms with van der Waals surface area (Å²) in [6.45, 7) is 0. The fourth-order valence-electron chi connectivity index (χ4n) is 2.20. The lowest BCUT2D eigenvalue weighted by molar-refractivity contribution is -0.384. The number of pyridine rings is 1. The quantitative estimate of drug-likeness (QED) is 0.520. The third-order valence-corrected chi connectivity index (χ3v) is 3.55.